The van der Waals surface area contributed by atoms with Crippen LogP contribution in [0.1, 0.15) is 32.6 Å². The first-order valence-corrected chi connectivity index (χ1v) is 8.35. The van der Waals surface area contributed by atoms with Gasteiger partial charge in [-0.05, 0) is 31.9 Å². The van der Waals surface area contributed by atoms with E-state index in [0.717, 1.165) is 10.9 Å². The number of hydrogen-bond donors (Lipinski definition) is 1. The van der Waals surface area contributed by atoms with E-state index in [0.29, 0.717) is 24.9 Å². The molecular weight excluding hydrogens is 320 g/mol. The molecule has 1 aromatic carbocycles. The van der Waals surface area contributed by atoms with Gasteiger partial charge in [0.1, 0.15) is 11.2 Å². The molecule has 1 fully saturated rings. The minimum atomic E-state index is -1.07. The fraction of sp³-hybridized carbons (Fsp3) is 0.368. The average molecular weight is 340 g/mol. The van der Waals surface area contributed by atoms with Crippen LogP contribution >= 0.6 is 0 Å². The summed E-state index contributed by atoms with van der Waals surface area (Å²) in [6.07, 6.45) is 3.09. The van der Waals surface area contributed by atoms with Gasteiger partial charge in [-0.2, -0.15) is 0 Å². The Hall–Kier alpha value is -2.76. The van der Waals surface area contributed by atoms with Crippen LogP contribution in [0, 0.1) is 5.41 Å². The molecule has 6 heteroatoms. The van der Waals surface area contributed by atoms with Gasteiger partial charge in [0.05, 0.1) is 17.8 Å². The summed E-state index contributed by atoms with van der Waals surface area (Å²) in [7, 11) is 0. The molecule has 1 aliphatic heterocycles. The third-order valence-electron chi connectivity index (χ3n) is 4.74. The normalized spacial score (nSPS) is 19.6. The van der Waals surface area contributed by atoms with Gasteiger partial charge in [0.2, 0.25) is 5.91 Å². The van der Waals surface area contributed by atoms with Crippen molar-refractivity contribution in [3.63, 3.8) is 0 Å². The number of carbonyl (C=O) groups excluding carboxylic acids is 3. The molecule has 6 nitrogen and oxygen atoms in total. The van der Waals surface area contributed by atoms with Crippen LogP contribution in [0.2, 0.25) is 0 Å². The predicted molar refractivity (Wildman–Crippen MR) is 92.9 cm³/mol. The number of fused-ring (bicyclic) bond motifs is 1. The summed E-state index contributed by atoms with van der Waals surface area (Å²) >= 11 is 0. The number of nitrogens with one attached hydrogen (secondary N) is 1. The number of hydrogen-bond acceptors (Lipinski definition) is 5. The minimum absolute atomic E-state index is 0.164. The number of Topliss-reactive ketones (excluding diaryl/α,β-unsaturated/α-hetero) is 1. The van der Waals surface area contributed by atoms with E-state index in [4.69, 9.17) is 4.74 Å². The van der Waals surface area contributed by atoms with E-state index < -0.39 is 11.4 Å². The second kappa shape index (κ2) is 7.01. The number of rotatable bonds is 6. The maximum atomic E-state index is 12.2. The van der Waals surface area contributed by atoms with Crippen molar-refractivity contribution in [1.29, 1.82) is 0 Å². The molecule has 25 heavy (non-hydrogen) atoms. The van der Waals surface area contributed by atoms with Crippen LogP contribution in [-0.4, -0.2) is 29.3 Å². The molecule has 1 amide bonds. The maximum Gasteiger partial charge on any atom is 0.319 e. The average Bonchev–Trinajstić information content (AvgIpc) is 2.97. The maximum absolute atomic E-state index is 12.2. The number of carbonyl (C=O) groups is 3. The van der Waals surface area contributed by atoms with Crippen molar-refractivity contribution in [1.82, 2.24) is 4.98 Å². The highest BCUT2D eigenvalue weighted by molar-refractivity contribution is 6.04. The fourth-order valence-corrected chi connectivity index (χ4v) is 3.25. The summed E-state index contributed by atoms with van der Waals surface area (Å²) in [5, 5.41) is 3.81. The lowest BCUT2D eigenvalue weighted by atomic mass is 9.78. The molecule has 0 bridgehead atoms. The van der Waals surface area contributed by atoms with Crippen LogP contribution in [0.25, 0.3) is 10.9 Å². The smallest absolute Gasteiger partial charge is 0.319 e. The van der Waals surface area contributed by atoms with Gasteiger partial charge in [0.25, 0.3) is 0 Å². The molecule has 130 valence electrons. The van der Waals surface area contributed by atoms with Crippen LogP contribution in [-0.2, 0) is 19.1 Å². The number of para-hydroxylation sites is 1. The number of benzene rings is 1. The molecule has 0 spiro atoms. The van der Waals surface area contributed by atoms with Crippen LogP contribution in [0.3, 0.4) is 0 Å². The van der Waals surface area contributed by atoms with Crippen molar-refractivity contribution in [2.45, 2.75) is 32.6 Å². The molecule has 0 radical (unpaired) electrons. The number of pyridine rings is 1. The van der Waals surface area contributed by atoms with Gasteiger partial charge in [-0.1, -0.05) is 18.2 Å². The Balaban J connectivity index is 1.61. The van der Waals surface area contributed by atoms with Gasteiger partial charge >= 0.3 is 5.97 Å². The minimum Gasteiger partial charge on any atom is -0.465 e. The van der Waals surface area contributed by atoms with Crippen LogP contribution < -0.4 is 5.32 Å². The Morgan fingerprint density at radius 2 is 2.08 bits per heavy atom. The van der Waals surface area contributed by atoms with E-state index in [2.05, 4.69) is 10.3 Å². The van der Waals surface area contributed by atoms with Crippen molar-refractivity contribution in [2.24, 2.45) is 5.41 Å². The number of amides is 1. The van der Waals surface area contributed by atoms with Crippen molar-refractivity contribution < 1.29 is 19.1 Å². The molecule has 1 unspecified atom stereocenters. The number of cyclic esters (lactones) is 1. The number of nitrogens with zero attached hydrogens (tertiary/aromatic N) is 1. The zero-order chi connectivity index (χ0) is 17.9. The number of anilines is 1. The quantitative estimate of drug-likeness (QED) is 0.645. The lowest BCUT2D eigenvalue weighted by Gasteiger charge is -2.20. The Morgan fingerprint density at radius 1 is 1.28 bits per heavy atom. The highest BCUT2D eigenvalue weighted by Gasteiger charge is 2.48. The van der Waals surface area contributed by atoms with E-state index in [1.165, 1.54) is 6.92 Å². The number of ketones is 1. The van der Waals surface area contributed by atoms with E-state index in [9.17, 15) is 14.4 Å². The molecule has 2 heterocycles. The van der Waals surface area contributed by atoms with E-state index in [1.807, 2.05) is 24.3 Å². The van der Waals surface area contributed by atoms with Crippen LogP contribution in [0.15, 0.2) is 36.5 Å². The van der Waals surface area contributed by atoms with Gasteiger partial charge in [-0.25, -0.2) is 0 Å². The van der Waals surface area contributed by atoms with Gasteiger partial charge in [0, 0.05) is 24.4 Å². The third kappa shape index (κ3) is 3.38. The molecule has 1 aromatic heterocycles. The lowest BCUT2D eigenvalue weighted by molar-refractivity contribution is -0.151. The Kier molecular flexibility index (Phi) is 4.79. The summed E-state index contributed by atoms with van der Waals surface area (Å²) in [4.78, 5) is 40.3. The summed E-state index contributed by atoms with van der Waals surface area (Å²) in [5.74, 6) is -0.810. The molecular formula is C19H20N2O4. The summed E-state index contributed by atoms with van der Waals surface area (Å²) in [6, 6.07) is 9.37. The molecule has 2 aromatic rings. The molecule has 1 aliphatic rings. The first-order valence-electron chi connectivity index (χ1n) is 8.35. The predicted octanol–water partition coefficient (Wildman–Crippen LogP) is 2.87. The van der Waals surface area contributed by atoms with Crippen LogP contribution in [0.5, 0.6) is 0 Å². The zero-order valence-corrected chi connectivity index (χ0v) is 14.1. The summed E-state index contributed by atoms with van der Waals surface area (Å²) < 4.78 is 4.96. The first kappa shape index (κ1) is 17.1. The van der Waals surface area contributed by atoms with Gasteiger partial charge in [-0.3, -0.25) is 19.4 Å². The van der Waals surface area contributed by atoms with Crippen LogP contribution in [0.4, 0.5) is 5.69 Å². The van der Waals surface area contributed by atoms with E-state index >= 15 is 0 Å². The Morgan fingerprint density at radius 3 is 2.80 bits per heavy atom. The van der Waals surface area contributed by atoms with Gasteiger partial charge in [-0.15, -0.1) is 0 Å². The second-order valence-corrected chi connectivity index (χ2v) is 6.31. The molecule has 0 saturated carbocycles. The SMILES string of the molecule is CC(=O)C1(CCCC(=O)Nc2cccc3cccnc23)CCOC1=O. The number of esters is 1. The zero-order valence-electron chi connectivity index (χ0n) is 14.1. The second-order valence-electron chi connectivity index (χ2n) is 6.31. The first-order chi connectivity index (χ1) is 12.0. The molecule has 1 saturated heterocycles. The molecule has 0 aliphatic carbocycles. The fourth-order valence-electron chi connectivity index (χ4n) is 3.25. The lowest BCUT2D eigenvalue weighted by Crippen LogP contribution is -2.34. The van der Waals surface area contributed by atoms with Crippen molar-refractivity contribution in [2.75, 3.05) is 11.9 Å². The number of aromatic nitrogens is 1. The highest BCUT2D eigenvalue weighted by atomic mass is 16.5. The third-order valence-corrected chi connectivity index (χ3v) is 4.74. The monoisotopic (exact) mass is 340 g/mol. The largest absolute Gasteiger partial charge is 0.465 e. The van der Waals surface area contributed by atoms with Gasteiger partial charge < -0.3 is 10.1 Å². The number of ether oxygens (including phenoxy) is 1. The molecule has 1 N–H and O–H groups in total. The Labute approximate surface area is 145 Å². The van der Waals surface area contributed by atoms with Gasteiger partial charge in [0.15, 0.2) is 0 Å². The van der Waals surface area contributed by atoms with E-state index in [1.54, 1.807) is 12.3 Å². The summed E-state index contributed by atoms with van der Waals surface area (Å²) in [5.41, 5.74) is 0.323. The topological polar surface area (TPSA) is 85.4 Å². The highest BCUT2D eigenvalue weighted by Crippen LogP contribution is 2.36. The Bertz CT molecular complexity index is 828. The molecule has 3 rings (SSSR count). The van der Waals surface area contributed by atoms with Crippen molar-refractivity contribution >= 4 is 34.3 Å². The summed E-state index contributed by atoms with van der Waals surface area (Å²) in [6.45, 7) is 1.68. The van der Waals surface area contributed by atoms with Crippen molar-refractivity contribution in [3.05, 3.63) is 36.5 Å². The standard InChI is InChI=1S/C19H20N2O4/c1-13(22)19(10-12-25-18(19)24)9-3-8-16(23)21-15-7-2-5-14-6-4-11-20-17(14)15/h2,4-7,11H,3,8-10,12H2,1H3,(H,21,23). The van der Waals surface area contributed by atoms with E-state index in [-0.39, 0.29) is 24.7 Å². The van der Waals surface area contributed by atoms with Crippen molar-refractivity contribution in [3.8, 4) is 0 Å². The molecule has 1 atom stereocenters.